The number of benzene rings is 2. The number of methoxy groups -OCH3 is 1. The summed E-state index contributed by atoms with van der Waals surface area (Å²) in [5.74, 6) is 0.214. The monoisotopic (exact) mass is 443 g/mol. The minimum atomic E-state index is -0.130. The summed E-state index contributed by atoms with van der Waals surface area (Å²) in [6.07, 6.45) is 1.54. The molecule has 1 aromatic heterocycles. The summed E-state index contributed by atoms with van der Waals surface area (Å²) < 4.78 is 6.75. The third-order valence-corrected chi connectivity index (χ3v) is 6.32. The first-order valence-corrected chi connectivity index (χ1v) is 11.1. The predicted octanol–water partition coefficient (Wildman–Crippen LogP) is 3.77. The summed E-state index contributed by atoms with van der Waals surface area (Å²) >= 11 is 7.38. The van der Waals surface area contributed by atoms with Gasteiger partial charge in [-0.3, -0.25) is 14.2 Å². The van der Waals surface area contributed by atoms with Crippen molar-refractivity contribution >= 4 is 45.9 Å². The molecule has 0 unspecified atom stereocenters. The lowest BCUT2D eigenvalue weighted by Gasteiger charge is -2.18. The van der Waals surface area contributed by atoms with Crippen molar-refractivity contribution < 1.29 is 9.53 Å². The number of hydrogen-bond acceptors (Lipinski definition) is 5. The molecule has 0 radical (unpaired) electrons. The molecule has 8 heteroatoms. The van der Waals surface area contributed by atoms with Crippen molar-refractivity contribution in [3.05, 3.63) is 63.4 Å². The minimum Gasteiger partial charge on any atom is -0.385 e. The van der Waals surface area contributed by atoms with E-state index in [0.717, 1.165) is 12.1 Å². The maximum atomic E-state index is 13.0. The molecule has 30 heavy (non-hydrogen) atoms. The number of thioether (sulfide) groups is 1. The molecule has 0 bridgehead atoms. The van der Waals surface area contributed by atoms with Gasteiger partial charge in [0.1, 0.15) is 0 Å². The van der Waals surface area contributed by atoms with Gasteiger partial charge < -0.3 is 9.64 Å². The fraction of sp³-hybridized carbons (Fsp3) is 0.318. The fourth-order valence-corrected chi connectivity index (χ4v) is 4.72. The fourth-order valence-electron chi connectivity index (χ4n) is 3.65. The summed E-state index contributed by atoms with van der Waals surface area (Å²) in [6, 6.07) is 13.0. The molecule has 0 atom stereocenters. The highest BCUT2D eigenvalue weighted by Crippen LogP contribution is 2.29. The molecule has 0 aliphatic carbocycles. The number of carbonyl (C=O) groups is 1. The van der Waals surface area contributed by atoms with E-state index in [9.17, 15) is 9.59 Å². The number of rotatable bonds is 7. The van der Waals surface area contributed by atoms with Crippen LogP contribution in [-0.4, -0.2) is 41.5 Å². The minimum absolute atomic E-state index is 0.00818. The van der Waals surface area contributed by atoms with Crippen molar-refractivity contribution in [1.82, 2.24) is 9.55 Å². The average Bonchev–Trinajstić information content (AvgIpc) is 3.18. The largest absolute Gasteiger partial charge is 0.385 e. The lowest BCUT2D eigenvalue weighted by Crippen LogP contribution is -2.31. The molecule has 2 heterocycles. The quantitative estimate of drug-likeness (QED) is 0.316. The van der Waals surface area contributed by atoms with E-state index in [1.54, 1.807) is 29.9 Å². The van der Waals surface area contributed by atoms with Crippen molar-refractivity contribution in [1.29, 1.82) is 0 Å². The van der Waals surface area contributed by atoms with Gasteiger partial charge in [-0.15, -0.1) is 0 Å². The van der Waals surface area contributed by atoms with Crippen LogP contribution >= 0.6 is 23.4 Å². The molecule has 0 saturated carbocycles. The zero-order chi connectivity index (χ0) is 21.1. The molecule has 1 amide bonds. The second-order valence-corrected chi connectivity index (χ2v) is 8.45. The number of ether oxygens (including phenoxy) is 1. The van der Waals surface area contributed by atoms with Crippen LogP contribution in [0.2, 0.25) is 5.02 Å². The topological polar surface area (TPSA) is 64.4 Å². The van der Waals surface area contributed by atoms with Crippen LogP contribution in [0.15, 0.2) is 52.4 Å². The Labute approximate surface area is 183 Å². The zero-order valence-corrected chi connectivity index (χ0v) is 18.2. The maximum absolute atomic E-state index is 13.0. The van der Waals surface area contributed by atoms with Crippen molar-refractivity contribution in [2.45, 2.75) is 24.5 Å². The van der Waals surface area contributed by atoms with Crippen molar-refractivity contribution in [3.8, 4) is 0 Å². The first-order chi connectivity index (χ1) is 14.6. The Hall–Kier alpha value is -2.35. The number of para-hydroxylation sites is 1. The molecule has 6 nitrogen and oxygen atoms in total. The number of amides is 1. The summed E-state index contributed by atoms with van der Waals surface area (Å²) in [5, 5.41) is 1.56. The summed E-state index contributed by atoms with van der Waals surface area (Å²) in [6.45, 7) is 1.69. The number of carbonyl (C=O) groups excluding carboxylic acids is 1. The third kappa shape index (κ3) is 4.24. The Morgan fingerprint density at radius 3 is 2.93 bits per heavy atom. The molecule has 4 rings (SSSR count). The van der Waals surface area contributed by atoms with Crippen molar-refractivity contribution in [2.75, 3.05) is 30.9 Å². The first kappa shape index (κ1) is 20.9. The molecule has 0 fully saturated rings. The van der Waals surface area contributed by atoms with Gasteiger partial charge in [0, 0.05) is 37.5 Å². The van der Waals surface area contributed by atoms with Crippen molar-refractivity contribution in [2.24, 2.45) is 0 Å². The van der Waals surface area contributed by atoms with E-state index < -0.39 is 0 Å². The Kier molecular flexibility index (Phi) is 6.41. The molecule has 1 aliphatic rings. The maximum Gasteiger partial charge on any atom is 0.262 e. The van der Waals surface area contributed by atoms with Crippen LogP contribution in [0.3, 0.4) is 0 Å². The van der Waals surface area contributed by atoms with Gasteiger partial charge in [-0.25, -0.2) is 4.98 Å². The van der Waals surface area contributed by atoms with E-state index in [2.05, 4.69) is 11.1 Å². The smallest absolute Gasteiger partial charge is 0.262 e. The van der Waals surface area contributed by atoms with Gasteiger partial charge >= 0.3 is 0 Å². The summed E-state index contributed by atoms with van der Waals surface area (Å²) in [4.78, 5) is 32.4. The van der Waals surface area contributed by atoms with Gasteiger partial charge in [-0.2, -0.15) is 0 Å². The van der Waals surface area contributed by atoms with E-state index in [1.807, 2.05) is 23.1 Å². The van der Waals surface area contributed by atoms with Gasteiger partial charge in [0.05, 0.1) is 16.7 Å². The van der Waals surface area contributed by atoms with Crippen LogP contribution in [0.4, 0.5) is 5.69 Å². The summed E-state index contributed by atoms with van der Waals surface area (Å²) in [7, 11) is 1.63. The van der Waals surface area contributed by atoms with Gasteiger partial charge in [0.15, 0.2) is 5.16 Å². The SMILES string of the molecule is COCCCn1c(SCC(=O)N2CCc3ccccc32)nc2cc(Cl)ccc2c1=O. The molecule has 0 N–H and O–H groups in total. The Morgan fingerprint density at radius 1 is 1.27 bits per heavy atom. The molecule has 2 aromatic carbocycles. The molecule has 3 aromatic rings. The standard InChI is InChI=1S/C22H22ClN3O3S/c1-29-12-4-10-26-21(28)17-8-7-16(23)13-18(17)24-22(26)30-14-20(27)25-11-9-15-5-2-3-6-19(15)25/h2-3,5-8,13H,4,9-12,14H2,1H3. The van der Waals surface area contributed by atoms with Crippen LogP contribution in [0, 0.1) is 0 Å². The van der Waals surface area contributed by atoms with Crippen LogP contribution in [0.25, 0.3) is 10.9 Å². The van der Waals surface area contributed by atoms with Gasteiger partial charge in [0.25, 0.3) is 5.56 Å². The lowest BCUT2D eigenvalue weighted by molar-refractivity contribution is -0.116. The Morgan fingerprint density at radius 2 is 2.10 bits per heavy atom. The number of hydrogen-bond donors (Lipinski definition) is 0. The second kappa shape index (κ2) is 9.20. The molecule has 0 saturated heterocycles. The number of fused-ring (bicyclic) bond motifs is 2. The Balaban J connectivity index is 1.60. The molecule has 1 aliphatic heterocycles. The second-order valence-electron chi connectivity index (χ2n) is 7.07. The van der Waals surface area contributed by atoms with Gasteiger partial charge in [0.2, 0.25) is 5.91 Å². The van der Waals surface area contributed by atoms with Crippen LogP contribution in [0.1, 0.15) is 12.0 Å². The molecular weight excluding hydrogens is 422 g/mol. The van der Waals surface area contributed by atoms with Gasteiger partial charge in [-0.1, -0.05) is 41.6 Å². The highest BCUT2D eigenvalue weighted by Gasteiger charge is 2.24. The van der Waals surface area contributed by atoms with Crippen LogP contribution in [-0.2, 0) is 22.5 Å². The van der Waals surface area contributed by atoms with Gasteiger partial charge in [-0.05, 0) is 42.7 Å². The third-order valence-electron chi connectivity index (χ3n) is 5.13. The zero-order valence-electron chi connectivity index (χ0n) is 16.6. The molecular formula is C22H22ClN3O3S. The van der Waals surface area contributed by atoms with Crippen molar-refractivity contribution in [3.63, 3.8) is 0 Å². The first-order valence-electron chi connectivity index (χ1n) is 9.78. The summed E-state index contributed by atoms with van der Waals surface area (Å²) in [5.41, 5.74) is 2.57. The van der Waals surface area contributed by atoms with E-state index >= 15 is 0 Å². The van der Waals surface area contributed by atoms with E-state index in [4.69, 9.17) is 16.3 Å². The van der Waals surface area contributed by atoms with E-state index in [-0.39, 0.29) is 17.2 Å². The number of halogens is 1. The highest BCUT2D eigenvalue weighted by molar-refractivity contribution is 7.99. The lowest BCUT2D eigenvalue weighted by atomic mass is 10.2. The highest BCUT2D eigenvalue weighted by atomic mass is 35.5. The molecule has 156 valence electrons. The van der Waals surface area contributed by atoms with E-state index in [0.29, 0.717) is 47.2 Å². The number of nitrogens with zero attached hydrogens (tertiary/aromatic N) is 3. The predicted molar refractivity (Wildman–Crippen MR) is 121 cm³/mol. The molecule has 0 spiro atoms. The van der Waals surface area contributed by atoms with Crippen LogP contribution in [0.5, 0.6) is 0 Å². The van der Waals surface area contributed by atoms with Crippen LogP contribution < -0.4 is 10.5 Å². The average molecular weight is 444 g/mol. The normalized spacial score (nSPS) is 13.1. The number of aromatic nitrogens is 2. The van der Waals surface area contributed by atoms with E-state index in [1.165, 1.54) is 17.3 Å². The Bertz CT molecular complexity index is 1150. The number of anilines is 1.